The molecule has 1 rings (SSSR count). The molecular weight excluding hydrogens is 210 g/mol. The molecule has 0 aromatic heterocycles. The van der Waals surface area contributed by atoms with Crippen LogP contribution in [0.4, 0.5) is 17.1 Å². The Hall–Kier alpha value is -2.37. The van der Waals surface area contributed by atoms with Crippen molar-refractivity contribution in [3.8, 4) is 0 Å². The molecule has 6 heteroatoms. The Morgan fingerprint density at radius 3 is 1.94 bits per heavy atom. The number of hydrogen-bond donors (Lipinski definition) is 3. The van der Waals surface area contributed by atoms with Gasteiger partial charge in [-0.1, -0.05) is 0 Å². The third-order valence-electron chi connectivity index (χ3n) is 2.03. The van der Waals surface area contributed by atoms with Crippen molar-refractivity contribution in [2.24, 2.45) is 0 Å². The van der Waals surface area contributed by atoms with Gasteiger partial charge in [0.25, 0.3) is 0 Å². The summed E-state index contributed by atoms with van der Waals surface area (Å²) in [6.07, 6.45) is 0.986. The average Bonchev–Trinajstić information content (AvgIpc) is 2.24. The number of nitrogen functional groups attached to an aromatic ring is 2. The lowest BCUT2D eigenvalue weighted by Gasteiger charge is -2.13. The predicted molar refractivity (Wildman–Crippen MR) is 60.3 cm³/mol. The fourth-order valence-corrected chi connectivity index (χ4v) is 1.26. The molecule has 0 radical (unpaired) electrons. The number of rotatable bonds is 3. The Labute approximate surface area is 91.6 Å². The first-order valence-corrected chi connectivity index (χ1v) is 4.41. The van der Waals surface area contributed by atoms with Gasteiger partial charge < -0.3 is 16.8 Å². The summed E-state index contributed by atoms with van der Waals surface area (Å²) in [6, 6.07) is 1.27. The van der Waals surface area contributed by atoms with Gasteiger partial charge in [0.2, 0.25) is 5.91 Å². The molecule has 5 N–H and O–H groups in total. The number of anilines is 3. The average molecular weight is 221 g/mol. The number of nitrogens with two attached hydrogens (primary N) is 2. The fraction of sp³-hybridized carbons (Fsp3) is 0.100. The Morgan fingerprint density at radius 1 is 1.19 bits per heavy atom. The minimum Gasteiger partial charge on any atom is -0.396 e. The van der Waals surface area contributed by atoms with Crippen LogP contribution in [0.25, 0.3) is 0 Å². The van der Waals surface area contributed by atoms with E-state index >= 15 is 0 Å². The first-order chi connectivity index (χ1) is 7.51. The van der Waals surface area contributed by atoms with E-state index in [0.717, 1.165) is 0 Å². The van der Waals surface area contributed by atoms with E-state index < -0.39 is 5.91 Å². The monoisotopic (exact) mass is 221 g/mol. The summed E-state index contributed by atoms with van der Waals surface area (Å²) >= 11 is 0. The topological polar surface area (TPSA) is 115 Å². The van der Waals surface area contributed by atoms with Gasteiger partial charge >= 0.3 is 0 Å². The quantitative estimate of drug-likeness (QED) is 0.505. The van der Waals surface area contributed by atoms with E-state index in [4.69, 9.17) is 11.5 Å². The lowest BCUT2D eigenvalue weighted by Crippen LogP contribution is -2.13. The molecule has 0 unspecified atom stereocenters. The van der Waals surface area contributed by atoms with Gasteiger partial charge in [-0.05, 0) is 6.07 Å². The highest BCUT2D eigenvalue weighted by Gasteiger charge is 2.14. The predicted octanol–water partition coefficient (Wildman–Crippen LogP) is 0.434. The number of aldehydes is 2. The molecular formula is C10H11N3O3. The van der Waals surface area contributed by atoms with Crippen LogP contribution in [0.1, 0.15) is 27.6 Å². The summed E-state index contributed by atoms with van der Waals surface area (Å²) in [6.45, 7) is 1.27. The summed E-state index contributed by atoms with van der Waals surface area (Å²) in [5, 5.41) is 2.38. The van der Waals surface area contributed by atoms with Gasteiger partial charge in [-0.2, -0.15) is 0 Å². The molecule has 6 nitrogen and oxygen atoms in total. The molecule has 16 heavy (non-hydrogen) atoms. The van der Waals surface area contributed by atoms with Crippen LogP contribution >= 0.6 is 0 Å². The van der Waals surface area contributed by atoms with E-state index in [9.17, 15) is 14.4 Å². The van der Waals surface area contributed by atoms with Crippen LogP contribution < -0.4 is 16.8 Å². The highest BCUT2D eigenvalue weighted by Crippen LogP contribution is 2.31. The number of hydrogen-bond acceptors (Lipinski definition) is 5. The van der Waals surface area contributed by atoms with Crippen molar-refractivity contribution in [1.82, 2.24) is 0 Å². The Morgan fingerprint density at radius 2 is 1.62 bits per heavy atom. The first-order valence-electron chi connectivity index (χ1n) is 4.41. The van der Waals surface area contributed by atoms with Gasteiger partial charge in [0.05, 0.1) is 17.1 Å². The lowest BCUT2D eigenvalue weighted by molar-refractivity contribution is -0.114. The molecule has 1 aromatic rings. The van der Waals surface area contributed by atoms with Crippen molar-refractivity contribution in [3.63, 3.8) is 0 Å². The zero-order valence-corrected chi connectivity index (χ0v) is 8.61. The van der Waals surface area contributed by atoms with Crippen LogP contribution in [-0.4, -0.2) is 18.5 Å². The number of carbonyl (C=O) groups excluding carboxylic acids is 3. The number of carbonyl (C=O) groups is 3. The standard InChI is InChI=1S/C10H11N3O3/c1-5(16)13-10-8(11)6(3-14)2-7(4-15)9(10)12/h2-4H,11-12H2,1H3,(H,13,16). The molecule has 0 aliphatic heterocycles. The summed E-state index contributed by atoms with van der Waals surface area (Å²) in [4.78, 5) is 32.3. The van der Waals surface area contributed by atoms with E-state index in [1.165, 1.54) is 13.0 Å². The molecule has 0 saturated heterocycles. The molecule has 0 fully saturated rings. The van der Waals surface area contributed by atoms with Crippen LogP contribution in [0.5, 0.6) is 0 Å². The highest BCUT2D eigenvalue weighted by molar-refractivity contribution is 6.05. The molecule has 0 aliphatic rings. The van der Waals surface area contributed by atoms with Crippen molar-refractivity contribution >= 4 is 35.5 Å². The Bertz CT molecular complexity index is 437. The first kappa shape index (κ1) is 11.7. The second kappa shape index (κ2) is 4.43. The molecule has 0 aliphatic carbocycles. The second-order valence-electron chi connectivity index (χ2n) is 3.17. The highest BCUT2D eigenvalue weighted by atomic mass is 16.1. The third-order valence-corrected chi connectivity index (χ3v) is 2.03. The molecule has 0 bridgehead atoms. The lowest BCUT2D eigenvalue weighted by atomic mass is 10.1. The fourth-order valence-electron chi connectivity index (χ4n) is 1.26. The van der Waals surface area contributed by atoms with Crippen molar-refractivity contribution < 1.29 is 14.4 Å². The van der Waals surface area contributed by atoms with Crippen LogP contribution in [0.3, 0.4) is 0 Å². The van der Waals surface area contributed by atoms with Crippen LogP contribution in [0.15, 0.2) is 6.07 Å². The summed E-state index contributed by atoms with van der Waals surface area (Å²) < 4.78 is 0. The van der Waals surface area contributed by atoms with Gasteiger partial charge in [0, 0.05) is 18.1 Å². The van der Waals surface area contributed by atoms with Gasteiger partial charge in [-0.3, -0.25) is 14.4 Å². The van der Waals surface area contributed by atoms with E-state index in [-0.39, 0.29) is 28.2 Å². The third kappa shape index (κ3) is 2.00. The summed E-state index contributed by atoms with van der Waals surface area (Å²) in [5.74, 6) is -0.390. The SMILES string of the molecule is CC(=O)Nc1c(N)c(C=O)cc(C=O)c1N. The maximum absolute atomic E-state index is 10.9. The molecule has 0 heterocycles. The molecule has 1 aromatic carbocycles. The molecule has 0 atom stereocenters. The van der Waals surface area contributed by atoms with E-state index in [2.05, 4.69) is 5.32 Å². The maximum Gasteiger partial charge on any atom is 0.221 e. The normalized spacial score (nSPS) is 9.56. The Balaban J connectivity index is 3.48. The Kier molecular flexibility index (Phi) is 3.24. The minimum atomic E-state index is -0.390. The molecule has 0 spiro atoms. The maximum atomic E-state index is 10.9. The van der Waals surface area contributed by atoms with Crippen molar-refractivity contribution in [3.05, 3.63) is 17.2 Å². The van der Waals surface area contributed by atoms with E-state index in [1.54, 1.807) is 0 Å². The zero-order chi connectivity index (χ0) is 12.3. The van der Waals surface area contributed by atoms with Crippen LogP contribution in [-0.2, 0) is 4.79 Å². The van der Waals surface area contributed by atoms with Gasteiger partial charge in [0.15, 0.2) is 12.6 Å². The molecule has 84 valence electrons. The van der Waals surface area contributed by atoms with Crippen LogP contribution in [0, 0.1) is 0 Å². The number of nitrogens with one attached hydrogen (secondary N) is 1. The van der Waals surface area contributed by atoms with Crippen molar-refractivity contribution in [2.45, 2.75) is 6.92 Å². The smallest absolute Gasteiger partial charge is 0.221 e. The van der Waals surface area contributed by atoms with E-state index in [1.807, 2.05) is 0 Å². The van der Waals surface area contributed by atoms with Crippen molar-refractivity contribution in [2.75, 3.05) is 16.8 Å². The summed E-state index contributed by atoms with van der Waals surface area (Å²) in [5.41, 5.74) is 11.7. The summed E-state index contributed by atoms with van der Waals surface area (Å²) in [7, 11) is 0. The van der Waals surface area contributed by atoms with Crippen molar-refractivity contribution in [1.29, 1.82) is 0 Å². The zero-order valence-electron chi connectivity index (χ0n) is 8.61. The second-order valence-corrected chi connectivity index (χ2v) is 3.17. The van der Waals surface area contributed by atoms with Gasteiger partial charge in [-0.25, -0.2) is 0 Å². The molecule has 0 saturated carbocycles. The van der Waals surface area contributed by atoms with E-state index in [0.29, 0.717) is 12.6 Å². The van der Waals surface area contributed by atoms with Gasteiger partial charge in [0.1, 0.15) is 0 Å². The number of amides is 1. The molecule has 1 amide bonds. The minimum absolute atomic E-state index is 0.0494. The number of benzene rings is 1. The van der Waals surface area contributed by atoms with Crippen LogP contribution in [0.2, 0.25) is 0 Å². The van der Waals surface area contributed by atoms with Gasteiger partial charge in [-0.15, -0.1) is 0 Å². The largest absolute Gasteiger partial charge is 0.396 e.